The van der Waals surface area contributed by atoms with E-state index in [4.69, 9.17) is 27.9 Å². The van der Waals surface area contributed by atoms with Gasteiger partial charge in [-0.15, -0.1) is 0 Å². The predicted octanol–water partition coefficient (Wildman–Crippen LogP) is 4.50. The lowest BCUT2D eigenvalue weighted by atomic mass is 9.94. The molecule has 0 saturated carbocycles. The summed E-state index contributed by atoms with van der Waals surface area (Å²) in [5.41, 5.74) is 2.35. The zero-order valence-corrected chi connectivity index (χ0v) is 16.5. The minimum absolute atomic E-state index is 0.107. The molecule has 2 aromatic heterocycles. The molecule has 0 spiro atoms. The van der Waals surface area contributed by atoms with Crippen LogP contribution in [0.2, 0.25) is 10.2 Å². The first-order valence-electron chi connectivity index (χ1n) is 8.51. The van der Waals surface area contributed by atoms with Crippen LogP contribution in [0.5, 0.6) is 0 Å². The minimum Gasteiger partial charge on any atom is -0.469 e. The number of rotatable bonds is 5. The van der Waals surface area contributed by atoms with E-state index in [9.17, 15) is 9.59 Å². The molecule has 0 unspecified atom stereocenters. The van der Waals surface area contributed by atoms with Crippen molar-refractivity contribution in [3.8, 4) is 11.1 Å². The Balaban J connectivity index is 2.37. The number of fused-ring (bicyclic) bond motifs is 1. The number of nitrogens with zero attached hydrogens (tertiary/aromatic N) is 2. The average molecular weight is 405 g/mol. The minimum atomic E-state index is -0.371. The van der Waals surface area contributed by atoms with Crippen molar-refractivity contribution in [2.45, 2.75) is 26.3 Å². The Bertz CT molecular complexity index is 1080. The van der Waals surface area contributed by atoms with Crippen molar-refractivity contribution in [2.24, 2.45) is 0 Å². The van der Waals surface area contributed by atoms with Crippen LogP contribution in [0.15, 0.2) is 41.2 Å². The number of carbonyl (C=O) groups excluding carboxylic acids is 1. The molecular formula is C20H18Cl2N2O3. The number of aromatic nitrogens is 2. The van der Waals surface area contributed by atoms with Crippen molar-refractivity contribution in [3.63, 3.8) is 0 Å². The maximum Gasteiger partial charge on any atom is 0.305 e. The number of esters is 1. The number of aryl methyl sites for hydroxylation is 1. The summed E-state index contributed by atoms with van der Waals surface area (Å²) < 4.78 is 6.31. The van der Waals surface area contributed by atoms with E-state index in [0.717, 1.165) is 16.5 Å². The molecule has 0 N–H and O–H groups in total. The van der Waals surface area contributed by atoms with Gasteiger partial charge in [-0.05, 0) is 43.2 Å². The molecule has 2 heterocycles. The molecular weight excluding hydrogens is 387 g/mol. The summed E-state index contributed by atoms with van der Waals surface area (Å²) in [5.74, 6) is -0.371. The lowest BCUT2D eigenvalue weighted by Gasteiger charge is -2.17. The van der Waals surface area contributed by atoms with Crippen LogP contribution in [-0.4, -0.2) is 22.6 Å². The van der Waals surface area contributed by atoms with Gasteiger partial charge >= 0.3 is 5.97 Å². The molecule has 0 amide bonds. The number of methoxy groups -OCH3 is 1. The van der Waals surface area contributed by atoms with Crippen LogP contribution in [0.1, 0.15) is 18.9 Å². The predicted molar refractivity (Wildman–Crippen MR) is 107 cm³/mol. The summed E-state index contributed by atoms with van der Waals surface area (Å²) in [5, 5.41) is 1.65. The number of ether oxygens (including phenoxy) is 1. The van der Waals surface area contributed by atoms with Crippen LogP contribution in [0.4, 0.5) is 0 Å². The van der Waals surface area contributed by atoms with Gasteiger partial charge in [0.1, 0.15) is 10.8 Å². The fraction of sp³-hybridized carbons (Fsp3) is 0.250. The molecule has 1 aromatic carbocycles. The van der Waals surface area contributed by atoms with Crippen LogP contribution in [-0.2, 0) is 22.5 Å². The topological polar surface area (TPSA) is 61.2 Å². The van der Waals surface area contributed by atoms with Gasteiger partial charge in [0.25, 0.3) is 5.56 Å². The first-order valence-corrected chi connectivity index (χ1v) is 9.26. The van der Waals surface area contributed by atoms with Crippen LogP contribution < -0.4 is 5.56 Å². The zero-order valence-electron chi connectivity index (χ0n) is 15.0. The summed E-state index contributed by atoms with van der Waals surface area (Å²) in [6.07, 6.45) is 0.363. The zero-order chi connectivity index (χ0) is 19.6. The van der Waals surface area contributed by atoms with Crippen LogP contribution in [0.3, 0.4) is 0 Å². The van der Waals surface area contributed by atoms with E-state index >= 15 is 0 Å². The lowest BCUT2D eigenvalue weighted by Crippen LogP contribution is -2.26. The quantitative estimate of drug-likeness (QED) is 0.463. The number of halogens is 2. The molecule has 140 valence electrons. The van der Waals surface area contributed by atoms with E-state index < -0.39 is 0 Å². The van der Waals surface area contributed by atoms with Gasteiger partial charge in [0.2, 0.25) is 0 Å². The molecule has 0 saturated heterocycles. The van der Waals surface area contributed by atoms with Gasteiger partial charge in [0.05, 0.1) is 7.11 Å². The van der Waals surface area contributed by atoms with Gasteiger partial charge in [-0.25, -0.2) is 4.98 Å². The van der Waals surface area contributed by atoms with Gasteiger partial charge in [-0.1, -0.05) is 35.3 Å². The largest absolute Gasteiger partial charge is 0.469 e. The second-order valence-electron chi connectivity index (χ2n) is 5.99. The van der Waals surface area contributed by atoms with Gasteiger partial charge in [0.15, 0.2) is 0 Å². The maximum absolute atomic E-state index is 13.2. The first-order chi connectivity index (χ1) is 13.0. The third kappa shape index (κ3) is 3.84. The van der Waals surface area contributed by atoms with Crippen molar-refractivity contribution in [2.75, 3.05) is 7.11 Å². The van der Waals surface area contributed by atoms with Gasteiger partial charge in [-0.2, -0.15) is 0 Å². The second-order valence-corrected chi connectivity index (χ2v) is 6.82. The van der Waals surface area contributed by atoms with E-state index in [1.807, 2.05) is 25.1 Å². The summed E-state index contributed by atoms with van der Waals surface area (Å²) in [6.45, 7) is 2.30. The number of pyridine rings is 2. The average Bonchev–Trinajstić information content (AvgIpc) is 2.65. The highest BCUT2D eigenvalue weighted by Gasteiger charge is 2.20. The normalized spacial score (nSPS) is 11.0. The monoisotopic (exact) mass is 404 g/mol. The fourth-order valence-electron chi connectivity index (χ4n) is 3.18. The maximum atomic E-state index is 13.2. The van der Waals surface area contributed by atoms with Crippen molar-refractivity contribution in [1.29, 1.82) is 0 Å². The first kappa shape index (κ1) is 19.4. The van der Waals surface area contributed by atoms with Gasteiger partial charge in [0, 0.05) is 34.5 Å². The van der Waals surface area contributed by atoms with Crippen LogP contribution in [0, 0.1) is 0 Å². The molecule has 0 bridgehead atoms. The summed E-state index contributed by atoms with van der Waals surface area (Å²) in [4.78, 5) is 29.3. The summed E-state index contributed by atoms with van der Waals surface area (Å²) >= 11 is 12.3. The standard InChI is InChI=1S/C20H18Cl2N2O3/c1-3-24-19-14(7-9-16(22)23-19)18(12-5-4-6-13(21)11-12)15(20(24)26)8-10-17(25)27-2/h4-7,9,11H,3,8,10H2,1-2H3. The highest BCUT2D eigenvalue weighted by molar-refractivity contribution is 6.31. The fourth-order valence-corrected chi connectivity index (χ4v) is 3.52. The van der Waals surface area contributed by atoms with Crippen molar-refractivity contribution in [1.82, 2.24) is 9.55 Å². The molecule has 0 radical (unpaired) electrons. The molecule has 3 aromatic rings. The van der Waals surface area contributed by atoms with E-state index in [0.29, 0.717) is 27.9 Å². The van der Waals surface area contributed by atoms with Crippen molar-refractivity contribution >= 4 is 40.2 Å². The molecule has 5 nitrogen and oxygen atoms in total. The Hall–Kier alpha value is -2.37. The van der Waals surface area contributed by atoms with Crippen molar-refractivity contribution in [3.05, 3.63) is 62.5 Å². The lowest BCUT2D eigenvalue weighted by molar-refractivity contribution is -0.140. The smallest absolute Gasteiger partial charge is 0.305 e. The van der Waals surface area contributed by atoms with Gasteiger partial charge < -0.3 is 4.74 Å². The molecule has 0 fully saturated rings. The number of hydrogen-bond acceptors (Lipinski definition) is 4. The summed E-state index contributed by atoms with van der Waals surface area (Å²) in [6, 6.07) is 10.8. The number of benzene rings is 1. The molecule has 0 aliphatic carbocycles. The van der Waals surface area contributed by atoms with E-state index in [-0.39, 0.29) is 24.4 Å². The second kappa shape index (κ2) is 8.11. The molecule has 27 heavy (non-hydrogen) atoms. The SMILES string of the molecule is CCn1c(=O)c(CCC(=O)OC)c(-c2cccc(Cl)c2)c2ccc(Cl)nc21. The molecule has 0 aliphatic heterocycles. The Kier molecular flexibility index (Phi) is 5.82. The van der Waals surface area contributed by atoms with Crippen LogP contribution >= 0.6 is 23.2 Å². The molecule has 0 atom stereocenters. The van der Waals surface area contributed by atoms with Crippen LogP contribution in [0.25, 0.3) is 22.2 Å². The third-order valence-electron chi connectivity index (χ3n) is 4.41. The Morgan fingerprint density at radius 3 is 2.67 bits per heavy atom. The highest BCUT2D eigenvalue weighted by atomic mass is 35.5. The van der Waals surface area contributed by atoms with E-state index in [1.165, 1.54) is 7.11 Å². The Labute approximate surface area is 166 Å². The van der Waals surface area contributed by atoms with Crippen molar-refractivity contribution < 1.29 is 9.53 Å². The van der Waals surface area contributed by atoms with Gasteiger partial charge in [-0.3, -0.25) is 14.2 Å². The third-order valence-corrected chi connectivity index (χ3v) is 4.85. The Morgan fingerprint density at radius 2 is 2.00 bits per heavy atom. The molecule has 3 rings (SSSR count). The Morgan fingerprint density at radius 1 is 1.22 bits per heavy atom. The highest BCUT2D eigenvalue weighted by Crippen LogP contribution is 2.32. The molecule has 0 aliphatic rings. The summed E-state index contributed by atoms with van der Waals surface area (Å²) in [7, 11) is 1.33. The van der Waals surface area contributed by atoms with E-state index in [2.05, 4.69) is 4.98 Å². The number of hydrogen-bond donors (Lipinski definition) is 0. The number of carbonyl (C=O) groups is 1. The van der Waals surface area contributed by atoms with E-state index in [1.54, 1.807) is 22.8 Å². The molecule has 7 heteroatoms.